The van der Waals surface area contributed by atoms with Crippen LogP contribution in [0.1, 0.15) is 171 Å². The number of nitrogens with two attached hydrogens (primary N) is 2. The third-order valence-corrected chi connectivity index (χ3v) is 22.8. The van der Waals surface area contributed by atoms with Crippen LogP contribution in [0.3, 0.4) is 0 Å². The molecule has 15 rings (SSSR count). The Bertz CT molecular complexity index is 4690. The number of primary amides is 2. The van der Waals surface area contributed by atoms with Crippen LogP contribution >= 0.6 is 63.7 Å². The molecule has 0 saturated carbocycles. The highest BCUT2D eigenvalue weighted by Gasteiger charge is 2.52. The highest BCUT2D eigenvalue weighted by molar-refractivity contribution is 9.11. The molecule has 15 heterocycles. The summed E-state index contributed by atoms with van der Waals surface area (Å²) in [5.41, 5.74) is 13.9. The van der Waals surface area contributed by atoms with E-state index in [1.807, 2.05) is 115 Å². The van der Waals surface area contributed by atoms with E-state index in [4.69, 9.17) is 54.3 Å². The van der Waals surface area contributed by atoms with Crippen LogP contribution in [-0.2, 0) is 41.2 Å². The Morgan fingerprint density at radius 3 is 1.26 bits per heavy atom. The zero-order valence-electron chi connectivity index (χ0n) is 73.4. The molecule has 0 aromatic carbocycles. The number of carbonyl (C=O) groups excluding carboxylic acids is 6. The maximum absolute atomic E-state index is 12.1. The summed E-state index contributed by atoms with van der Waals surface area (Å²) in [5, 5.41) is 21.4. The number of pyridine rings is 7. The number of hydrogen-bond acceptors (Lipinski definition) is 24. The lowest BCUT2D eigenvalue weighted by Crippen LogP contribution is -2.46. The number of halogens is 4. The van der Waals surface area contributed by atoms with Crippen LogP contribution < -0.4 is 51.0 Å². The summed E-state index contributed by atoms with van der Waals surface area (Å²) in [6.45, 7) is 30.9. The van der Waals surface area contributed by atoms with Crippen molar-refractivity contribution in [1.82, 2.24) is 59.8 Å². The van der Waals surface area contributed by atoms with Crippen molar-refractivity contribution in [1.29, 1.82) is 0 Å². The van der Waals surface area contributed by atoms with Gasteiger partial charge in [0.25, 0.3) is 0 Å². The number of aliphatic hydroxyl groups excluding tert-OH is 1. The van der Waals surface area contributed by atoms with Crippen LogP contribution in [0.5, 0.6) is 28.7 Å². The smallest absolute Gasteiger partial charge is 0.496 e. The number of nitrogens with one attached hydrogen (secondary N) is 1. The fourth-order valence-corrected chi connectivity index (χ4v) is 15.7. The van der Waals surface area contributed by atoms with E-state index in [-0.39, 0.29) is 59.3 Å². The van der Waals surface area contributed by atoms with Gasteiger partial charge in [0.1, 0.15) is 76.0 Å². The molecular formula is C88H119BBr4N16O16. The highest BCUT2D eigenvalue weighted by Crippen LogP contribution is 2.38. The minimum atomic E-state index is -0.477. The molecule has 8 amide bonds. The molecule has 32 nitrogen and oxygen atoms in total. The first kappa shape index (κ1) is 99.7. The second-order valence-corrected chi connectivity index (χ2v) is 38.0. The minimum Gasteiger partial charge on any atom is -0.506 e. The van der Waals surface area contributed by atoms with E-state index in [0.717, 1.165) is 167 Å². The van der Waals surface area contributed by atoms with E-state index >= 15 is 0 Å². The topological polar surface area (TPSA) is 390 Å². The van der Waals surface area contributed by atoms with Crippen LogP contribution in [0.2, 0.25) is 0 Å². The van der Waals surface area contributed by atoms with Gasteiger partial charge in [-0.05, 0) is 277 Å². The molecule has 0 radical (unpaired) electrons. The molecule has 6 fully saturated rings. The molecule has 0 bridgehead atoms. The molecule has 7 N–H and O–H groups in total. The Labute approximate surface area is 766 Å². The van der Waals surface area contributed by atoms with Crippen molar-refractivity contribution in [2.45, 2.75) is 226 Å². The van der Waals surface area contributed by atoms with Crippen LogP contribution in [0.25, 0.3) is 11.1 Å². The number of likely N-dealkylation sites (tertiary alicyclic amines) is 4. The molecule has 678 valence electrons. The molecule has 6 saturated heterocycles. The molecular weight excluding hydrogens is 1870 g/mol. The maximum Gasteiger partial charge on any atom is 0.496 e. The Kier molecular flexibility index (Phi) is 37.6. The number of rotatable bonds is 10. The number of urea groups is 2. The monoisotopic (exact) mass is 1980 g/mol. The van der Waals surface area contributed by atoms with Gasteiger partial charge in [0.2, 0.25) is 11.8 Å². The average Bonchev–Trinajstić information content (AvgIpc) is 1.61. The van der Waals surface area contributed by atoms with Gasteiger partial charge in [-0.15, -0.1) is 0 Å². The van der Waals surface area contributed by atoms with Crippen molar-refractivity contribution in [3.05, 3.63) is 146 Å². The lowest BCUT2D eigenvalue weighted by Gasteiger charge is -2.34. The summed E-state index contributed by atoms with van der Waals surface area (Å²) in [6.07, 6.45) is 32.6. The number of β-amino-alcohol motifs (C(OH)–C–C–N with tert-alkyl or cyclic N) is 1. The minimum absolute atomic E-state index is 0.0256. The number of aromatic nitrogens is 7. The largest absolute Gasteiger partial charge is 0.506 e. The normalized spacial score (nSPS) is 20.0. The molecule has 8 aliphatic heterocycles. The molecule has 7 aromatic rings. The zero-order valence-corrected chi connectivity index (χ0v) is 79.8. The zero-order chi connectivity index (χ0) is 90.8. The molecule has 7 aromatic heterocycles. The van der Waals surface area contributed by atoms with Gasteiger partial charge in [-0.3, -0.25) is 44.3 Å². The number of aromatic hydroxyl groups is 1. The summed E-state index contributed by atoms with van der Waals surface area (Å²) in [6, 6.07) is 12.3. The second kappa shape index (κ2) is 47.1. The molecule has 0 unspecified atom stereocenters. The Morgan fingerprint density at radius 1 is 0.464 bits per heavy atom. The maximum atomic E-state index is 12.1. The van der Waals surface area contributed by atoms with Crippen LogP contribution in [0.15, 0.2) is 135 Å². The van der Waals surface area contributed by atoms with Gasteiger partial charge in [-0.25, -0.2) is 29.1 Å². The fourth-order valence-electron chi connectivity index (χ4n) is 14.4. The first-order valence-electron chi connectivity index (χ1n) is 42.3. The molecule has 5 atom stereocenters. The Hall–Kier alpha value is -9.11. The van der Waals surface area contributed by atoms with E-state index < -0.39 is 36.5 Å². The van der Waals surface area contributed by atoms with E-state index in [9.17, 15) is 33.9 Å². The summed E-state index contributed by atoms with van der Waals surface area (Å²) in [7, 11) is -0.438. The number of aryl methyl sites for hydroxylation is 2. The molecule has 37 heteroatoms. The number of nitrogens with zero attached hydrogens (tertiary/aromatic N) is 13. The van der Waals surface area contributed by atoms with E-state index in [0.29, 0.717) is 81.6 Å². The number of hydrogen-bond donors (Lipinski definition) is 5. The van der Waals surface area contributed by atoms with Gasteiger partial charge in [-0.1, -0.05) is 6.07 Å². The van der Waals surface area contributed by atoms with Gasteiger partial charge in [0.15, 0.2) is 0 Å². The quantitative estimate of drug-likeness (QED) is 0.0794. The second-order valence-electron chi connectivity index (χ2n) is 34.3. The van der Waals surface area contributed by atoms with E-state index in [1.54, 1.807) is 97.9 Å². The lowest BCUT2D eigenvalue weighted by molar-refractivity contribution is -0.132. The fraction of sp³-hybridized carbons (Fsp3) is 0.534. The van der Waals surface area contributed by atoms with Crippen molar-refractivity contribution in [3.8, 4) is 39.9 Å². The molecule has 0 spiro atoms. The summed E-state index contributed by atoms with van der Waals surface area (Å²) in [4.78, 5) is 109. The SMILES string of the molecule is Brc1cncc(O[C@@H]2CCCNC2)c1.CC(=O)N1CCC[C@@H](Oc2cncc(-c3cnc4c(c3)CCCN4C(N)=O)c2)C1.CC(=O)N1CCC[C@@H](Oc2cncc(Br)c2)C1.CC(C)(C)OC(=O)N1CCC[C@@H](O)C1.CC(C)(C)OC(=O)N1CCC[C@@H](Oc2cncc(Br)c2)C1.CC1(C)OB(c2cnc3c(c2)CCCN3C(N)=O)OC1(C)C.Oc1cncc(Br)c1. The van der Waals surface area contributed by atoms with Gasteiger partial charge in [-0.2, -0.15) is 0 Å². The predicted molar refractivity (Wildman–Crippen MR) is 490 cm³/mol. The molecule has 125 heavy (non-hydrogen) atoms. The third kappa shape index (κ3) is 32.6. The van der Waals surface area contributed by atoms with Gasteiger partial charge >= 0.3 is 31.4 Å². The van der Waals surface area contributed by atoms with Crippen molar-refractivity contribution in [3.63, 3.8) is 0 Å². The predicted octanol–water partition coefficient (Wildman–Crippen LogP) is 14.3. The average molecular weight is 1990 g/mol. The van der Waals surface area contributed by atoms with Crippen molar-refractivity contribution in [2.75, 3.05) is 88.3 Å². The van der Waals surface area contributed by atoms with Crippen molar-refractivity contribution >= 4 is 124 Å². The standard InChI is InChI=1S/C21H25N5O3.C15H22BN3O3.C15H21BrN2O3.C12H15BrN2O2.C10H13BrN2O.C10H19NO3.C5H4BrNO/c1-14(27)25-6-3-5-18(13-25)29-19-9-17(10-23-12-19)16-8-15-4-2-7-26(21(22)28)20(15)24-11-16;1-14(2)15(3,4)22-16(21-14)11-8-10-6-5-7-19(13(17)20)12(10)18-9-11;1-15(2,3)21-14(19)18-6-4-5-12(10-18)20-13-7-11(16)8-17-9-13;1-9(16)15-4-2-3-11(8-15)17-12-5-10(13)6-14-7-12;11-8-4-10(7-13-5-8)14-9-2-1-3-12-6-9;1-10(2,3)14-9(13)11-6-4-5-8(12)7-11;6-4-1-5(8)3-7-2-4/h8-12,18H,2-7,13H2,1H3,(H2,22,28);8-9H,5-7H2,1-4H3,(H2,17,20);7-9,12H,4-6,10H2,1-3H3;5-7,11H,2-4,8H2,1H3;4-5,7,9,12H,1-3,6H2;8,12H,4-7H2,1-3H3;1-3,8H/t18-;;12-;11-;9-;8-;/m1.1111./s1. The van der Waals surface area contributed by atoms with Gasteiger partial charge in [0, 0.05) is 144 Å². The number of amides is 8. The molecule has 8 aliphatic rings. The van der Waals surface area contributed by atoms with E-state index in [2.05, 4.69) is 104 Å². The highest BCUT2D eigenvalue weighted by atomic mass is 79.9. The summed E-state index contributed by atoms with van der Waals surface area (Å²) >= 11 is 13.2. The number of aliphatic hydroxyl groups is 1. The summed E-state index contributed by atoms with van der Waals surface area (Å²) in [5.74, 6) is 4.64. The Morgan fingerprint density at radius 2 is 0.848 bits per heavy atom. The van der Waals surface area contributed by atoms with Gasteiger partial charge < -0.3 is 84.3 Å². The number of fused-ring (bicyclic) bond motifs is 2. The first-order valence-corrected chi connectivity index (χ1v) is 45.5. The number of anilines is 2. The number of carbonyl (C=O) groups is 6. The van der Waals surface area contributed by atoms with Gasteiger partial charge in [0.05, 0.1) is 67.9 Å². The summed E-state index contributed by atoms with van der Waals surface area (Å²) < 4.78 is 49.9. The number of ether oxygens (including phenoxy) is 6. The first-order chi connectivity index (χ1) is 59.2. The van der Waals surface area contributed by atoms with Crippen LogP contribution in [-0.4, -0.2) is 239 Å². The van der Waals surface area contributed by atoms with E-state index in [1.165, 1.54) is 22.4 Å². The van der Waals surface area contributed by atoms with Crippen molar-refractivity contribution in [2.24, 2.45) is 11.5 Å². The number of piperidine rings is 5. The Balaban J connectivity index is 0.000000169. The van der Waals surface area contributed by atoms with Crippen molar-refractivity contribution < 1.29 is 76.7 Å². The molecule has 0 aliphatic carbocycles. The third-order valence-electron chi connectivity index (χ3n) is 21.1. The van der Waals surface area contributed by atoms with Crippen LogP contribution in [0, 0.1) is 0 Å². The van der Waals surface area contributed by atoms with Crippen LogP contribution in [0.4, 0.5) is 30.8 Å². The lowest BCUT2D eigenvalue weighted by atomic mass is 9.79.